The highest BCUT2D eigenvalue weighted by Crippen LogP contribution is 2.34. The van der Waals surface area contributed by atoms with E-state index in [1.807, 2.05) is 4.90 Å². The van der Waals surface area contributed by atoms with Gasteiger partial charge in [-0.05, 0) is 36.6 Å². The van der Waals surface area contributed by atoms with Crippen LogP contribution in [0.3, 0.4) is 0 Å². The third-order valence-electron chi connectivity index (χ3n) is 3.46. The molecule has 1 atom stereocenters. The molecule has 1 saturated heterocycles. The zero-order valence-electron chi connectivity index (χ0n) is 10.5. The lowest BCUT2D eigenvalue weighted by molar-refractivity contribution is -0.138. The maximum absolute atomic E-state index is 12.9. The second-order valence-corrected chi connectivity index (χ2v) is 4.99. The normalized spacial score (nSPS) is 20.9. The first-order chi connectivity index (χ1) is 8.90. The fraction of sp³-hybridized carbons (Fsp3) is 0.538. The number of nitrogen functional groups attached to an aromatic ring is 1. The number of benzene rings is 1. The van der Waals surface area contributed by atoms with Crippen LogP contribution in [0.25, 0.3) is 0 Å². The monoisotopic (exact) mass is 274 g/mol. The highest BCUT2D eigenvalue weighted by molar-refractivity contribution is 5.46. The van der Waals surface area contributed by atoms with Crippen LogP contribution in [0.15, 0.2) is 18.2 Å². The average molecular weight is 274 g/mol. The van der Waals surface area contributed by atoms with E-state index in [-0.39, 0.29) is 30.3 Å². The Morgan fingerprint density at radius 3 is 2.68 bits per heavy atom. The fourth-order valence-corrected chi connectivity index (χ4v) is 2.44. The number of alkyl halides is 3. The molecule has 6 heteroatoms. The largest absolute Gasteiger partial charge is 0.416 e. The van der Waals surface area contributed by atoms with Crippen molar-refractivity contribution in [3.05, 3.63) is 29.3 Å². The lowest BCUT2D eigenvalue weighted by Crippen LogP contribution is -2.23. The van der Waals surface area contributed by atoms with Gasteiger partial charge in [0.2, 0.25) is 0 Å². The summed E-state index contributed by atoms with van der Waals surface area (Å²) in [6, 6.07) is 3.91. The van der Waals surface area contributed by atoms with Gasteiger partial charge in [0.25, 0.3) is 0 Å². The molecule has 0 amide bonds. The molecule has 0 bridgehead atoms. The molecule has 0 spiro atoms. The van der Waals surface area contributed by atoms with E-state index in [0.29, 0.717) is 13.1 Å². The highest BCUT2D eigenvalue weighted by atomic mass is 19.4. The van der Waals surface area contributed by atoms with Crippen LogP contribution in [0.5, 0.6) is 0 Å². The molecule has 106 valence electrons. The van der Waals surface area contributed by atoms with Gasteiger partial charge in [0.15, 0.2) is 0 Å². The van der Waals surface area contributed by atoms with Crippen molar-refractivity contribution in [3.8, 4) is 0 Å². The molecule has 1 aliphatic rings. The maximum Gasteiger partial charge on any atom is 0.416 e. The third-order valence-corrected chi connectivity index (χ3v) is 3.46. The molecule has 3 nitrogen and oxygen atoms in total. The van der Waals surface area contributed by atoms with E-state index < -0.39 is 11.7 Å². The smallest absolute Gasteiger partial charge is 0.399 e. The topological polar surface area (TPSA) is 49.5 Å². The zero-order valence-corrected chi connectivity index (χ0v) is 10.5. The first kappa shape index (κ1) is 14.1. The SMILES string of the molecule is Nc1ccc(CN2CCC(CO)C2)c(C(F)(F)F)c1. The minimum atomic E-state index is -4.39. The van der Waals surface area contributed by atoms with Crippen LogP contribution in [0.2, 0.25) is 0 Å². The molecule has 19 heavy (non-hydrogen) atoms. The van der Waals surface area contributed by atoms with Gasteiger partial charge in [0.05, 0.1) is 5.56 Å². The number of aliphatic hydroxyl groups excluding tert-OH is 1. The van der Waals surface area contributed by atoms with Crippen molar-refractivity contribution in [1.82, 2.24) is 4.90 Å². The van der Waals surface area contributed by atoms with Crippen molar-refractivity contribution in [2.45, 2.75) is 19.1 Å². The zero-order chi connectivity index (χ0) is 14.0. The van der Waals surface area contributed by atoms with Gasteiger partial charge in [-0.3, -0.25) is 4.90 Å². The van der Waals surface area contributed by atoms with Crippen molar-refractivity contribution in [2.24, 2.45) is 5.92 Å². The van der Waals surface area contributed by atoms with Gasteiger partial charge in [-0.25, -0.2) is 0 Å². The first-order valence-electron chi connectivity index (χ1n) is 6.19. The minimum absolute atomic E-state index is 0.0877. The lowest BCUT2D eigenvalue weighted by atomic mass is 10.1. The summed E-state index contributed by atoms with van der Waals surface area (Å²) in [7, 11) is 0. The van der Waals surface area contributed by atoms with Gasteiger partial charge in [0, 0.05) is 25.4 Å². The molecule has 1 aromatic carbocycles. The van der Waals surface area contributed by atoms with E-state index in [4.69, 9.17) is 10.8 Å². The van der Waals surface area contributed by atoms with Gasteiger partial charge in [-0.1, -0.05) is 6.07 Å². The number of hydrogen-bond donors (Lipinski definition) is 2. The van der Waals surface area contributed by atoms with Crippen molar-refractivity contribution < 1.29 is 18.3 Å². The predicted molar refractivity (Wildman–Crippen MR) is 66.3 cm³/mol. The van der Waals surface area contributed by atoms with Crippen molar-refractivity contribution >= 4 is 5.69 Å². The summed E-state index contributed by atoms with van der Waals surface area (Å²) in [5.41, 5.74) is 5.12. The molecule has 1 heterocycles. The molecule has 0 aromatic heterocycles. The van der Waals surface area contributed by atoms with E-state index in [2.05, 4.69) is 0 Å². The van der Waals surface area contributed by atoms with Crippen LogP contribution in [-0.2, 0) is 12.7 Å². The fourth-order valence-electron chi connectivity index (χ4n) is 2.44. The predicted octanol–water partition coefficient (Wildman–Crippen LogP) is 2.10. The van der Waals surface area contributed by atoms with Crippen LogP contribution in [0.1, 0.15) is 17.5 Å². The summed E-state index contributed by atoms with van der Waals surface area (Å²) >= 11 is 0. The number of anilines is 1. The van der Waals surface area contributed by atoms with Gasteiger partial charge in [-0.2, -0.15) is 13.2 Å². The molecule has 1 fully saturated rings. The summed E-state index contributed by atoms with van der Waals surface area (Å²) in [6.45, 7) is 1.68. The van der Waals surface area contributed by atoms with Crippen molar-refractivity contribution in [2.75, 3.05) is 25.4 Å². The standard InChI is InChI=1S/C13H17F3N2O/c14-13(15,16)12-5-11(17)2-1-10(12)7-18-4-3-9(6-18)8-19/h1-2,5,9,19H,3-4,6-8,17H2. The second kappa shape index (κ2) is 5.38. The molecular formula is C13H17F3N2O. The van der Waals surface area contributed by atoms with Crippen LogP contribution < -0.4 is 5.73 Å². The molecule has 1 aromatic rings. The van der Waals surface area contributed by atoms with Crippen LogP contribution >= 0.6 is 0 Å². The van der Waals surface area contributed by atoms with Gasteiger partial charge in [-0.15, -0.1) is 0 Å². The minimum Gasteiger partial charge on any atom is -0.399 e. The number of hydrogen-bond acceptors (Lipinski definition) is 3. The Kier molecular flexibility index (Phi) is 4.01. The van der Waals surface area contributed by atoms with Gasteiger partial charge in [0.1, 0.15) is 0 Å². The number of nitrogens with two attached hydrogens (primary N) is 1. The van der Waals surface area contributed by atoms with E-state index >= 15 is 0 Å². The molecule has 1 aliphatic heterocycles. The second-order valence-electron chi connectivity index (χ2n) is 4.99. The maximum atomic E-state index is 12.9. The Morgan fingerprint density at radius 2 is 2.11 bits per heavy atom. The molecule has 2 rings (SSSR count). The summed E-state index contributed by atoms with van der Waals surface area (Å²) in [5, 5.41) is 9.05. The molecule has 0 radical (unpaired) electrons. The number of aliphatic hydroxyl groups is 1. The Morgan fingerprint density at radius 1 is 1.37 bits per heavy atom. The van der Waals surface area contributed by atoms with Crippen molar-refractivity contribution in [3.63, 3.8) is 0 Å². The van der Waals surface area contributed by atoms with E-state index in [9.17, 15) is 13.2 Å². The Labute approximate surface area is 109 Å². The van der Waals surface area contributed by atoms with E-state index in [0.717, 1.165) is 12.5 Å². The number of halogens is 3. The average Bonchev–Trinajstić information content (AvgIpc) is 2.78. The quantitative estimate of drug-likeness (QED) is 0.830. The summed E-state index contributed by atoms with van der Waals surface area (Å²) in [5.74, 6) is 0.170. The summed E-state index contributed by atoms with van der Waals surface area (Å²) in [6.07, 6.45) is -3.56. The Balaban J connectivity index is 2.16. The van der Waals surface area contributed by atoms with E-state index in [1.54, 1.807) is 0 Å². The van der Waals surface area contributed by atoms with Gasteiger partial charge >= 0.3 is 6.18 Å². The first-order valence-corrected chi connectivity index (χ1v) is 6.19. The molecule has 1 unspecified atom stereocenters. The number of likely N-dealkylation sites (tertiary alicyclic amines) is 1. The van der Waals surface area contributed by atoms with Crippen LogP contribution in [0, 0.1) is 5.92 Å². The van der Waals surface area contributed by atoms with Crippen LogP contribution in [-0.4, -0.2) is 29.7 Å². The summed E-state index contributed by atoms with van der Waals surface area (Å²) < 4.78 is 38.8. The van der Waals surface area contributed by atoms with E-state index in [1.165, 1.54) is 12.1 Å². The van der Waals surface area contributed by atoms with Crippen molar-refractivity contribution in [1.29, 1.82) is 0 Å². The number of rotatable bonds is 3. The molecule has 0 aliphatic carbocycles. The third kappa shape index (κ3) is 3.39. The van der Waals surface area contributed by atoms with Crippen LogP contribution in [0.4, 0.5) is 18.9 Å². The van der Waals surface area contributed by atoms with Gasteiger partial charge < -0.3 is 10.8 Å². The number of nitrogens with zero attached hydrogens (tertiary/aromatic N) is 1. The Hall–Kier alpha value is -1.27. The molecule has 0 saturated carbocycles. The molecular weight excluding hydrogens is 257 g/mol. The highest BCUT2D eigenvalue weighted by Gasteiger charge is 2.34. The molecule has 3 N–H and O–H groups in total. The summed E-state index contributed by atoms with van der Waals surface area (Å²) in [4.78, 5) is 1.93. The Bertz CT molecular complexity index is 448. The lowest BCUT2D eigenvalue weighted by Gasteiger charge is -2.19.